The maximum atomic E-state index is 11.4. The van der Waals surface area contributed by atoms with E-state index in [1.807, 2.05) is 31.2 Å². The van der Waals surface area contributed by atoms with Gasteiger partial charge in [0.1, 0.15) is 0 Å². The van der Waals surface area contributed by atoms with Crippen LogP contribution in [0.1, 0.15) is 31.2 Å². The van der Waals surface area contributed by atoms with Gasteiger partial charge in [-0.3, -0.25) is 4.79 Å². The predicted molar refractivity (Wildman–Crippen MR) is 89.4 cm³/mol. The molecule has 0 spiro atoms. The summed E-state index contributed by atoms with van der Waals surface area (Å²) in [4.78, 5) is 12.7. The Morgan fingerprint density at radius 2 is 2.05 bits per heavy atom. The lowest BCUT2D eigenvalue weighted by atomic mass is 10.2. The average molecular weight is 353 g/mol. The normalized spacial score (nSPS) is 11.9. The maximum absolute atomic E-state index is 11.4. The first-order valence-corrected chi connectivity index (χ1v) is 8.11. The zero-order valence-electron chi connectivity index (χ0n) is 11.4. The van der Waals surface area contributed by atoms with Gasteiger partial charge in [-0.2, -0.15) is 0 Å². The molecule has 2 N–H and O–H groups in total. The standard InChI is InChI=1S/C15H17BrN2OS/c1-3-15(19)18-12-6-4-5-11(9-12)17-10(2)13-7-8-14(16)20-13/h4-10,17H,3H2,1-2H3,(H,18,19). The molecule has 106 valence electrons. The van der Waals surface area contributed by atoms with Crippen LogP contribution < -0.4 is 10.6 Å². The van der Waals surface area contributed by atoms with Crippen molar-refractivity contribution in [2.75, 3.05) is 10.6 Å². The molecule has 1 heterocycles. The van der Waals surface area contributed by atoms with Crippen molar-refractivity contribution in [3.8, 4) is 0 Å². The zero-order valence-corrected chi connectivity index (χ0v) is 13.8. The summed E-state index contributed by atoms with van der Waals surface area (Å²) in [5, 5.41) is 6.31. The van der Waals surface area contributed by atoms with E-state index in [1.165, 1.54) is 4.88 Å². The fourth-order valence-corrected chi connectivity index (χ4v) is 3.24. The van der Waals surface area contributed by atoms with Crippen LogP contribution in [0.25, 0.3) is 0 Å². The summed E-state index contributed by atoms with van der Waals surface area (Å²) in [5.74, 6) is 0.0254. The van der Waals surface area contributed by atoms with Crippen LogP contribution in [0.15, 0.2) is 40.2 Å². The molecule has 0 aliphatic carbocycles. The minimum atomic E-state index is 0.0254. The molecule has 2 aromatic rings. The van der Waals surface area contributed by atoms with Crippen LogP contribution in [-0.2, 0) is 4.79 Å². The van der Waals surface area contributed by atoms with Crippen molar-refractivity contribution >= 4 is 44.5 Å². The largest absolute Gasteiger partial charge is 0.378 e. The van der Waals surface area contributed by atoms with E-state index >= 15 is 0 Å². The number of nitrogens with one attached hydrogen (secondary N) is 2. The highest BCUT2D eigenvalue weighted by molar-refractivity contribution is 9.11. The molecule has 0 saturated carbocycles. The van der Waals surface area contributed by atoms with E-state index in [9.17, 15) is 4.79 Å². The first kappa shape index (κ1) is 15.1. The molecule has 1 unspecified atom stereocenters. The molecule has 5 heteroatoms. The Kier molecular flexibility index (Phi) is 5.20. The Bertz CT molecular complexity index is 597. The Hall–Kier alpha value is -1.33. The third-order valence-corrected chi connectivity index (χ3v) is 4.68. The minimum absolute atomic E-state index is 0.0254. The van der Waals surface area contributed by atoms with Crippen molar-refractivity contribution in [1.29, 1.82) is 0 Å². The molecule has 2 rings (SSSR count). The van der Waals surface area contributed by atoms with E-state index in [0.717, 1.165) is 15.2 Å². The van der Waals surface area contributed by atoms with Gasteiger partial charge >= 0.3 is 0 Å². The molecule has 0 aliphatic rings. The minimum Gasteiger partial charge on any atom is -0.378 e. The van der Waals surface area contributed by atoms with Crippen LogP contribution in [0.3, 0.4) is 0 Å². The lowest BCUT2D eigenvalue weighted by Gasteiger charge is -2.14. The third kappa shape index (κ3) is 4.08. The van der Waals surface area contributed by atoms with Gasteiger partial charge in [-0.25, -0.2) is 0 Å². The fraction of sp³-hybridized carbons (Fsp3) is 0.267. The van der Waals surface area contributed by atoms with E-state index in [2.05, 4.69) is 45.6 Å². The zero-order chi connectivity index (χ0) is 14.5. The molecule has 1 atom stereocenters. The van der Waals surface area contributed by atoms with Crippen LogP contribution in [-0.4, -0.2) is 5.91 Å². The Morgan fingerprint density at radius 3 is 2.70 bits per heavy atom. The van der Waals surface area contributed by atoms with Crippen LogP contribution in [0.4, 0.5) is 11.4 Å². The molecule has 3 nitrogen and oxygen atoms in total. The number of hydrogen-bond donors (Lipinski definition) is 2. The second kappa shape index (κ2) is 6.90. The summed E-state index contributed by atoms with van der Waals surface area (Å²) in [6.45, 7) is 3.96. The topological polar surface area (TPSA) is 41.1 Å². The Labute approximate surface area is 131 Å². The quantitative estimate of drug-likeness (QED) is 0.791. The predicted octanol–water partition coefficient (Wildman–Crippen LogP) is 5.03. The summed E-state index contributed by atoms with van der Waals surface area (Å²) < 4.78 is 1.13. The second-order valence-corrected chi connectivity index (χ2v) is 6.99. The molecular formula is C15H17BrN2OS. The molecule has 0 saturated heterocycles. The molecular weight excluding hydrogens is 336 g/mol. The van der Waals surface area contributed by atoms with Crippen LogP contribution in [0, 0.1) is 0 Å². The number of carbonyl (C=O) groups is 1. The molecule has 1 aromatic heterocycles. The highest BCUT2D eigenvalue weighted by Gasteiger charge is 2.08. The Balaban J connectivity index is 2.05. The van der Waals surface area contributed by atoms with Gasteiger partial charge in [-0.05, 0) is 53.2 Å². The van der Waals surface area contributed by atoms with E-state index < -0.39 is 0 Å². The van der Waals surface area contributed by atoms with E-state index in [-0.39, 0.29) is 11.9 Å². The smallest absolute Gasteiger partial charge is 0.224 e. The molecule has 0 aliphatic heterocycles. The second-order valence-electron chi connectivity index (χ2n) is 4.49. The number of benzene rings is 1. The van der Waals surface area contributed by atoms with Crippen LogP contribution in [0.2, 0.25) is 0 Å². The molecule has 0 bridgehead atoms. The number of hydrogen-bond acceptors (Lipinski definition) is 3. The van der Waals surface area contributed by atoms with Crippen molar-refractivity contribution in [3.05, 3.63) is 45.1 Å². The van der Waals surface area contributed by atoms with E-state index in [0.29, 0.717) is 6.42 Å². The summed E-state index contributed by atoms with van der Waals surface area (Å²) >= 11 is 5.19. The average Bonchev–Trinajstić information content (AvgIpc) is 2.86. The third-order valence-electron chi connectivity index (χ3n) is 2.87. The fourth-order valence-electron chi connectivity index (χ4n) is 1.82. The lowest BCUT2D eigenvalue weighted by molar-refractivity contribution is -0.115. The lowest BCUT2D eigenvalue weighted by Crippen LogP contribution is -2.10. The molecule has 1 amide bonds. The molecule has 0 radical (unpaired) electrons. The van der Waals surface area contributed by atoms with Gasteiger partial charge < -0.3 is 10.6 Å². The van der Waals surface area contributed by atoms with E-state index in [1.54, 1.807) is 11.3 Å². The first-order chi connectivity index (χ1) is 9.58. The van der Waals surface area contributed by atoms with Crippen LogP contribution in [0.5, 0.6) is 0 Å². The summed E-state index contributed by atoms with van der Waals surface area (Å²) in [7, 11) is 0. The number of anilines is 2. The van der Waals surface area contributed by atoms with Gasteiger partial charge in [-0.15, -0.1) is 11.3 Å². The maximum Gasteiger partial charge on any atom is 0.224 e. The van der Waals surface area contributed by atoms with Gasteiger partial charge in [0, 0.05) is 22.7 Å². The highest BCUT2D eigenvalue weighted by Crippen LogP contribution is 2.29. The number of halogens is 1. The number of carbonyl (C=O) groups excluding carboxylic acids is 1. The molecule has 1 aromatic carbocycles. The summed E-state index contributed by atoms with van der Waals surface area (Å²) in [5.41, 5.74) is 1.82. The highest BCUT2D eigenvalue weighted by atomic mass is 79.9. The number of rotatable bonds is 5. The van der Waals surface area contributed by atoms with Gasteiger partial charge in [0.2, 0.25) is 5.91 Å². The van der Waals surface area contributed by atoms with Crippen LogP contribution >= 0.6 is 27.3 Å². The van der Waals surface area contributed by atoms with Gasteiger partial charge in [-0.1, -0.05) is 13.0 Å². The van der Waals surface area contributed by atoms with Crippen molar-refractivity contribution in [2.24, 2.45) is 0 Å². The van der Waals surface area contributed by atoms with Crippen molar-refractivity contribution < 1.29 is 4.79 Å². The van der Waals surface area contributed by atoms with Gasteiger partial charge in [0.25, 0.3) is 0 Å². The molecule has 20 heavy (non-hydrogen) atoms. The number of thiophene rings is 1. The summed E-state index contributed by atoms with van der Waals surface area (Å²) in [6, 6.07) is 12.2. The Morgan fingerprint density at radius 1 is 1.30 bits per heavy atom. The van der Waals surface area contributed by atoms with E-state index in [4.69, 9.17) is 0 Å². The van der Waals surface area contributed by atoms with Crippen molar-refractivity contribution in [1.82, 2.24) is 0 Å². The SMILES string of the molecule is CCC(=O)Nc1cccc(NC(C)c2ccc(Br)s2)c1. The van der Waals surface area contributed by atoms with Crippen molar-refractivity contribution in [2.45, 2.75) is 26.3 Å². The monoisotopic (exact) mass is 352 g/mol. The molecule has 0 fully saturated rings. The summed E-state index contributed by atoms with van der Waals surface area (Å²) in [6.07, 6.45) is 0.483. The first-order valence-electron chi connectivity index (χ1n) is 6.50. The van der Waals surface area contributed by atoms with Gasteiger partial charge in [0.15, 0.2) is 0 Å². The van der Waals surface area contributed by atoms with Gasteiger partial charge in [0.05, 0.1) is 9.83 Å². The van der Waals surface area contributed by atoms with Crippen molar-refractivity contribution in [3.63, 3.8) is 0 Å². The number of amides is 1.